The Bertz CT molecular complexity index is 963. The van der Waals surface area contributed by atoms with Crippen LogP contribution in [0.1, 0.15) is 23.6 Å². The van der Waals surface area contributed by atoms with Gasteiger partial charge < -0.3 is 9.15 Å². The smallest absolute Gasteiger partial charge is 0.336 e. The van der Waals surface area contributed by atoms with Crippen LogP contribution in [0.3, 0.4) is 0 Å². The van der Waals surface area contributed by atoms with E-state index in [1.807, 2.05) is 50.4 Å². The molecule has 0 bridgehead atoms. The summed E-state index contributed by atoms with van der Waals surface area (Å²) in [7, 11) is 3.68. The zero-order chi connectivity index (χ0) is 18.7. The summed E-state index contributed by atoms with van der Waals surface area (Å²) in [6, 6.07) is 13.3. The van der Waals surface area contributed by atoms with Crippen molar-refractivity contribution in [3.63, 3.8) is 0 Å². The maximum absolute atomic E-state index is 12.0. The molecule has 0 unspecified atom stereocenters. The normalized spacial score (nSPS) is 11.3. The minimum absolute atomic E-state index is 0.338. The first-order valence-electron chi connectivity index (χ1n) is 8.56. The van der Waals surface area contributed by atoms with Gasteiger partial charge in [-0.3, -0.25) is 4.90 Å². The van der Waals surface area contributed by atoms with Crippen LogP contribution in [-0.2, 0) is 19.5 Å². The van der Waals surface area contributed by atoms with Crippen LogP contribution in [0, 0.1) is 0 Å². The van der Waals surface area contributed by atoms with Gasteiger partial charge in [-0.15, -0.1) is 0 Å². The molecular weight excluding hydrogens is 350 g/mol. The quantitative estimate of drug-likeness (QED) is 0.591. The van der Waals surface area contributed by atoms with Crippen LogP contribution >= 0.6 is 11.6 Å². The fourth-order valence-electron chi connectivity index (χ4n) is 3.08. The number of fused-ring (bicyclic) bond motifs is 1. The van der Waals surface area contributed by atoms with Gasteiger partial charge in [0.05, 0.1) is 7.11 Å². The number of nitrogens with zero attached hydrogens (tertiary/aromatic N) is 1. The van der Waals surface area contributed by atoms with Crippen molar-refractivity contribution in [2.24, 2.45) is 0 Å². The molecule has 0 saturated heterocycles. The van der Waals surface area contributed by atoms with Gasteiger partial charge >= 0.3 is 5.63 Å². The van der Waals surface area contributed by atoms with Gasteiger partial charge in [-0.2, -0.15) is 0 Å². The molecule has 0 radical (unpaired) electrons. The van der Waals surface area contributed by atoms with E-state index in [1.165, 1.54) is 5.56 Å². The zero-order valence-corrected chi connectivity index (χ0v) is 16.0. The van der Waals surface area contributed by atoms with Gasteiger partial charge in [0.2, 0.25) is 0 Å². The molecule has 5 heteroatoms. The first kappa shape index (κ1) is 18.5. The number of hydrogen-bond donors (Lipinski definition) is 0. The molecule has 136 valence electrons. The Morgan fingerprint density at radius 1 is 1.08 bits per heavy atom. The Morgan fingerprint density at radius 2 is 1.81 bits per heavy atom. The Labute approximate surface area is 158 Å². The monoisotopic (exact) mass is 371 g/mol. The van der Waals surface area contributed by atoms with Gasteiger partial charge in [-0.25, -0.2) is 4.79 Å². The van der Waals surface area contributed by atoms with E-state index in [-0.39, 0.29) is 5.63 Å². The lowest BCUT2D eigenvalue weighted by Gasteiger charge is -2.18. The number of benzene rings is 2. The summed E-state index contributed by atoms with van der Waals surface area (Å²) in [6.45, 7) is 3.40. The largest absolute Gasteiger partial charge is 0.497 e. The van der Waals surface area contributed by atoms with E-state index in [0.29, 0.717) is 17.2 Å². The molecule has 1 heterocycles. The van der Waals surface area contributed by atoms with Crippen LogP contribution in [0.4, 0.5) is 0 Å². The molecule has 1 aromatic heterocycles. The van der Waals surface area contributed by atoms with Crippen molar-refractivity contribution in [3.05, 3.63) is 74.6 Å². The van der Waals surface area contributed by atoms with Crippen molar-refractivity contribution in [2.75, 3.05) is 14.2 Å². The number of ether oxygens (including phenoxy) is 1. The first-order chi connectivity index (χ1) is 12.5. The minimum atomic E-state index is -0.338. The average molecular weight is 372 g/mol. The van der Waals surface area contributed by atoms with Gasteiger partial charge in [-0.05, 0) is 54.4 Å². The van der Waals surface area contributed by atoms with Gasteiger partial charge in [-0.1, -0.05) is 30.7 Å². The highest BCUT2D eigenvalue weighted by atomic mass is 35.5. The van der Waals surface area contributed by atoms with Crippen LogP contribution in [0.5, 0.6) is 5.75 Å². The van der Waals surface area contributed by atoms with Gasteiger partial charge in [0, 0.05) is 29.6 Å². The molecular formula is C21H22ClNO3. The molecule has 2 aromatic carbocycles. The van der Waals surface area contributed by atoms with Gasteiger partial charge in [0.25, 0.3) is 0 Å². The molecule has 0 spiro atoms. The third kappa shape index (κ3) is 4.09. The highest BCUT2D eigenvalue weighted by molar-refractivity contribution is 6.32. The van der Waals surface area contributed by atoms with Crippen molar-refractivity contribution in [3.8, 4) is 5.75 Å². The summed E-state index contributed by atoms with van der Waals surface area (Å²) in [5.41, 5.74) is 3.32. The number of rotatable bonds is 6. The van der Waals surface area contributed by atoms with Crippen molar-refractivity contribution in [2.45, 2.75) is 26.4 Å². The lowest BCUT2D eigenvalue weighted by Crippen LogP contribution is -2.18. The number of aryl methyl sites for hydroxylation is 1. The third-order valence-corrected chi connectivity index (χ3v) is 4.78. The van der Waals surface area contributed by atoms with Gasteiger partial charge in [0.15, 0.2) is 0 Å². The molecule has 0 aliphatic rings. The van der Waals surface area contributed by atoms with E-state index >= 15 is 0 Å². The molecule has 26 heavy (non-hydrogen) atoms. The average Bonchev–Trinajstić information content (AvgIpc) is 2.62. The van der Waals surface area contributed by atoms with Crippen LogP contribution in [-0.4, -0.2) is 19.1 Å². The molecule has 4 nitrogen and oxygen atoms in total. The number of hydrogen-bond acceptors (Lipinski definition) is 4. The SMILES string of the molecule is CCc1cc2oc(=O)cc(CN(C)Cc3ccc(OC)cc3)c2cc1Cl. The third-order valence-electron chi connectivity index (χ3n) is 4.43. The Balaban J connectivity index is 1.87. The number of halogens is 1. The lowest BCUT2D eigenvalue weighted by molar-refractivity contribution is 0.319. The lowest BCUT2D eigenvalue weighted by atomic mass is 10.1. The Hall–Kier alpha value is -2.30. The van der Waals surface area contributed by atoms with Crippen molar-refractivity contribution < 1.29 is 9.15 Å². The highest BCUT2D eigenvalue weighted by Gasteiger charge is 2.11. The van der Waals surface area contributed by atoms with Crippen molar-refractivity contribution in [1.29, 1.82) is 0 Å². The van der Waals surface area contributed by atoms with E-state index in [9.17, 15) is 4.79 Å². The van der Waals surface area contributed by atoms with Crippen molar-refractivity contribution >= 4 is 22.6 Å². The van der Waals surface area contributed by atoms with E-state index in [4.69, 9.17) is 20.8 Å². The van der Waals surface area contributed by atoms with Crippen LogP contribution < -0.4 is 10.4 Å². The van der Waals surface area contributed by atoms with Crippen LogP contribution in [0.15, 0.2) is 51.7 Å². The fraction of sp³-hybridized carbons (Fsp3) is 0.286. The standard InChI is InChI=1S/C21H22ClNO3/c1-4-15-9-20-18(11-19(15)22)16(10-21(24)26-20)13-23(2)12-14-5-7-17(25-3)8-6-14/h5-11H,4,12-13H2,1-3H3. The molecule has 3 aromatic rings. The maximum atomic E-state index is 12.0. The molecule has 0 atom stereocenters. The Kier molecular flexibility index (Phi) is 5.64. The second-order valence-electron chi connectivity index (χ2n) is 6.40. The predicted molar refractivity (Wildman–Crippen MR) is 105 cm³/mol. The minimum Gasteiger partial charge on any atom is -0.497 e. The summed E-state index contributed by atoms with van der Waals surface area (Å²) in [5, 5.41) is 1.58. The fourth-order valence-corrected chi connectivity index (χ4v) is 3.38. The first-order valence-corrected chi connectivity index (χ1v) is 8.94. The Morgan fingerprint density at radius 3 is 2.46 bits per heavy atom. The van der Waals surface area contributed by atoms with E-state index in [1.54, 1.807) is 13.2 Å². The summed E-state index contributed by atoms with van der Waals surface area (Å²) < 4.78 is 10.6. The predicted octanol–water partition coefficient (Wildman–Crippen LogP) is 4.65. The second-order valence-corrected chi connectivity index (χ2v) is 6.81. The molecule has 0 aliphatic carbocycles. The summed E-state index contributed by atoms with van der Waals surface area (Å²) >= 11 is 6.36. The topological polar surface area (TPSA) is 42.7 Å². The molecule has 0 amide bonds. The van der Waals surface area contributed by atoms with E-state index in [2.05, 4.69) is 4.90 Å². The zero-order valence-electron chi connectivity index (χ0n) is 15.2. The summed E-state index contributed by atoms with van der Waals surface area (Å²) in [5.74, 6) is 0.837. The van der Waals surface area contributed by atoms with E-state index in [0.717, 1.165) is 35.2 Å². The van der Waals surface area contributed by atoms with Gasteiger partial charge in [0.1, 0.15) is 11.3 Å². The highest BCUT2D eigenvalue weighted by Crippen LogP contribution is 2.27. The molecule has 0 fully saturated rings. The summed E-state index contributed by atoms with van der Waals surface area (Å²) in [6.07, 6.45) is 0.792. The molecule has 0 N–H and O–H groups in total. The number of methoxy groups -OCH3 is 1. The van der Waals surface area contributed by atoms with Crippen molar-refractivity contribution in [1.82, 2.24) is 4.90 Å². The van der Waals surface area contributed by atoms with Crippen LogP contribution in [0.2, 0.25) is 5.02 Å². The molecule has 0 saturated carbocycles. The summed E-state index contributed by atoms with van der Waals surface area (Å²) in [4.78, 5) is 14.1. The van der Waals surface area contributed by atoms with Crippen LogP contribution in [0.25, 0.3) is 11.0 Å². The van der Waals surface area contributed by atoms with E-state index < -0.39 is 0 Å². The molecule has 3 rings (SSSR count). The molecule has 0 aliphatic heterocycles. The second kappa shape index (κ2) is 7.94. The maximum Gasteiger partial charge on any atom is 0.336 e.